The van der Waals surface area contributed by atoms with E-state index in [1.165, 1.54) is 12.1 Å². The largest absolute Gasteiger partial charge is 0.372 e. The SMILES string of the molecule is CCN(CC)c1ccc(NC(=O)CN(c2ccc(F)cc2)S(C)(=O)=O)cc1. The van der Waals surface area contributed by atoms with Crippen molar-refractivity contribution < 1.29 is 17.6 Å². The highest BCUT2D eigenvalue weighted by Crippen LogP contribution is 2.20. The van der Waals surface area contributed by atoms with E-state index < -0.39 is 28.3 Å². The Kier molecular flexibility index (Phi) is 6.79. The summed E-state index contributed by atoms with van der Waals surface area (Å²) in [6.07, 6.45) is 1.00. The van der Waals surface area contributed by atoms with E-state index in [9.17, 15) is 17.6 Å². The first kappa shape index (κ1) is 20.7. The minimum atomic E-state index is -3.70. The van der Waals surface area contributed by atoms with Crippen LogP contribution < -0.4 is 14.5 Å². The summed E-state index contributed by atoms with van der Waals surface area (Å²) < 4.78 is 38.1. The molecule has 0 heterocycles. The normalized spacial score (nSPS) is 11.1. The van der Waals surface area contributed by atoms with E-state index >= 15 is 0 Å². The quantitative estimate of drug-likeness (QED) is 0.748. The summed E-state index contributed by atoms with van der Waals surface area (Å²) >= 11 is 0. The average molecular weight is 393 g/mol. The first-order valence-electron chi connectivity index (χ1n) is 8.62. The van der Waals surface area contributed by atoms with Crippen LogP contribution in [0.3, 0.4) is 0 Å². The van der Waals surface area contributed by atoms with Gasteiger partial charge >= 0.3 is 0 Å². The molecule has 0 aliphatic heterocycles. The first-order valence-corrected chi connectivity index (χ1v) is 10.5. The van der Waals surface area contributed by atoms with Gasteiger partial charge in [0.1, 0.15) is 12.4 Å². The number of carbonyl (C=O) groups excluding carboxylic acids is 1. The second-order valence-electron chi connectivity index (χ2n) is 6.01. The molecule has 2 aromatic rings. The van der Waals surface area contributed by atoms with E-state index in [1.807, 2.05) is 12.1 Å². The lowest BCUT2D eigenvalue weighted by molar-refractivity contribution is -0.114. The number of carbonyl (C=O) groups is 1. The second kappa shape index (κ2) is 8.85. The van der Waals surface area contributed by atoms with Gasteiger partial charge in [0.05, 0.1) is 11.9 Å². The molecule has 0 aliphatic rings. The molecule has 27 heavy (non-hydrogen) atoms. The van der Waals surface area contributed by atoms with Crippen molar-refractivity contribution in [3.8, 4) is 0 Å². The molecule has 0 atom stereocenters. The number of nitrogens with zero attached hydrogens (tertiary/aromatic N) is 2. The van der Waals surface area contributed by atoms with Crippen molar-refractivity contribution in [3.63, 3.8) is 0 Å². The number of amides is 1. The summed E-state index contributed by atoms with van der Waals surface area (Å²) in [6, 6.07) is 12.3. The highest BCUT2D eigenvalue weighted by Gasteiger charge is 2.21. The molecule has 0 spiro atoms. The van der Waals surface area contributed by atoms with Gasteiger partial charge in [0.2, 0.25) is 15.9 Å². The van der Waals surface area contributed by atoms with Crippen LogP contribution in [0.1, 0.15) is 13.8 Å². The molecule has 0 saturated carbocycles. The average Bonchev–Trinajstić information content (AvgIpc) is 2.62. The van der Waals surface area contributed by atoms with E-state index in [1.54, 1.807) is 12.1 Å². The molecule has 0 aliphatic carbocycles. The Labute approximate surface area is 159 Å². The Morgan fingerprint density at radius 3 is 1.96 bits per heavy atom. The summed E-state index contributed by atoms with van der Waals surface area (Å²) in [6.45, 7) is 5.48. The number of hydrogen-bond donors (Lipinski definition) is 1. The summed E-state index contributed by atoms with van der Waals surface area (Å²) in [5.41, 5.74) is 1.84. The zero-order valence-corrected chi connectivity index (χ0v) is 16.5. The number of halogens is 1. The summed E-state index contributed by atoms with van der Waals surface area (Å²) in [5, 5.41) is 2.69. The minimum Gasteiger partial charge on any atom is -0.372 e. The number of sulfonamides is 1. The molecule has 6 nitrogen and oxygen atoms in total. The molecule has 0 bridgehead atoms. The number of benzene rings is 2. The van der Waals surface area contributed by atoms with Crippen LogP contribution in [0, 0.1) is 5.82 Å². The van der Waals surface area contributed by atoms with Crippen molar-refractivity contribution in [3.05, 3.63) is 54.3 Å². The molecule has 0 saturated heterocycles. The molecule has 2 aromatic carbocycles. The lowest BCUT2D eigenvalue weighted by Crippen LogP contribution is -2.37. The molecule has 2 rings (SSSR count). The lowest BCUT2D eigenvalue weighted by atomic mass is 10.2. The Morgan fingerprint density at radius 1 is 0.963 bits per heavy atom. The number of anilines is 3. The maximum absolute atomic E-state index is 13.1. The van der Waals surface area contributed by atoms with Crippen LogP contribution in [0.5, 0.6) is 0 Å². The molecule has 1 N–H and O–H groups in total. The summed E-state index contributed by atoms with van der Waals surface area (Å²) in [4.78, 5) is 14.5. The lowest BCUT2D eigenvalue weighted by Gasteiger charge is -2.22. The van der Waals surface area contributed by atoms with Crippen LogP contribution in [0.15, 0.2) is 48.5 Å². The molecule has 146 valence electrons. The smallest absolute Gasteiger partial charge is 0.245 e. The predicted molar refractivity (Wildman–Crippen MR) is 107 cm³/mol. The predicted octanol–water partition coefficient (Wildman–Crippen LogP) is 3.08. The minimum absolute atomic E-state index is 0.228. The van der Waals surface area contributed by atoms with Crippen LogP contribution in [0.2, 0.25) is 0 Å². The molecular weight excluding hydrogens is 369 g/mol. The fraction of sp³-hybridized carbons (Fsp3) is 0.316. The third-order valence-corrected chi connectivity index (χ3v) is 5.22. The van der Waals surface area contributed by atoms with Crippen molar-refractivity contribution >= 4 is 33.0 Å². The molecule has 0 unspecified atom stereocenters. The van der Waals surface area contributed by atoms with Crippen molar-refractivity contribution in [2.24, 2.45) is 0 Å². The van der Waals surface area contributed by atoms with E-state index in [4.69, 9.17) is 0 Å². The fourth-order valence-corrected chi connectivity index (χ4v) is 3.54. The van der Waals surface area contributed by atoms with Gasteiger partial charge in [0.15, 0.2) is 0 Å². The number of hydrogen-bond acceptors (Lipinski definition) is 4. The van der Waals surface area contributed by atoms with Crippen LogP contribution in [-0.2, 0) is 14.8 Å². The Bertz CT molecular complexity index is 864. The van der Waals surface area contributed by atoms with Crippen molar-refractivity contribution in [1.82, 2.24) is 0 Å². The summed E-state index contributed by atoms with van der Waals surface area (Å²) in [5.74, 6) is -0.967. The topological polar surface area (TPSA) is 69.7 Å². The number of nitrogens with one attached hydrogen (secondary N) is 1. The van der Waals surface area contributed by atoms with E-state index in [0.717, 1.165) is 41.5 Å². The first-order chi connectivity index (χ1) is 12.7. The van der Waals surface area contributed by atoms with Gasteiger partial charge in [-0.05, 0) is 62.4 Å². The molecule has 0 radical (unpaired) electrons. The van der Waals surface area contributed by atoms with Gasteiger partial charge in [-0.1, -0.05) is 0 Å². The van der Waals surface area contributed by atoms with Gasteiger partial charge in [0.25, 0.3) is 0 Å². The van der Waals surface area contributed by atoms with E-state index in [-0.39, 0.29) is 5.69 Å². The standard InChI is InChI=1S/C19H24FN3O3S/c1-4-22(5-2)17-12-8-16(9-13-17)21-19(24)14-23(27(3,25)26)18-10-6-15(20)7-11-18/h6-13H,4-5,14H2,1-3H3,(H,21,24). The highest BCUT2D eigenvalue weighted by molar-refractivity contribution is 7.92. The molecular formula is C19H24FN3O3S. The van der Waals surface area contributed by atoms with Crippen molar-refractivity contribution in [1.29, 1.82) is 0 Å². The maximum Gasteiger partial charge on any atom is 0.245 e. The molecule has 0 aromatic heterocycles. The Morgan fingerprint density at radius 2 is 1.48 bits per heavy atom. The van der Waals surface area contributed by atoms with Gasteiger partial charge < -0.3 is 10.2 Å². The Hall–Kier alpha value is -2.61. The monoisotopic (exact) mass is 393 g/mol. The number of rotatable bonds is 8. The summed E-state index contributed by atoms with van der Waals surface area (Å²) in [7, 11) is -3.70. The highest BCUT2D eigenvalue weighted by atomic mass is 32.2. The van der Waals surface area contributed by atoms with Crippen LogP contribution in [0.4, 0.5) is 21.5 Å². The molecule has 1 amide bonds. The van der Waals surface area contributed by atoms with Crippen molar-refractivity contribution in [2.75, 3.05) is 40.4 Å². The van der Waals surface area contributed by atoms with Gasteiger partial charge in [0, 0.05) is 24.5 Å². The Balaban J connectivity index is 2.11. The zero-order valence-electron chi connectivity index (χ0n) is 15.6. The molecule has 8 heteroatoms. The van der Waals surface area contributed by atoms with Crippen LogP contribution in [-0.4, -0.2) is 40.2 Å². The van der Waals surface area contributed by atoms with Crippen LogP contribution >= 0.6 is 0 Å². The van der Waals surface area contributed by atoms with Crippen LogP contribution in [0.25, 0.3) is 0 Å². The zero-order chi connectivity index (χ0) is 20.0. The fourth-order valence-electron chi connectivity index (χ4n) is 2.68. The maximum atomic E-state index is 13.1. The third kappa shape index (κ3) is 5.68. The van der Waals surface area contributed by atoms with E-state index in [0.29, 0.717) is 5.69 Å². The van der Waals surface area contributed by atoms with Gasteiger partial charge in [-0.15, -0.1) is 0 Å². The third-order valence-electron chi connectivity index (χ3n) is 4.08. The van der Waals surface area contributed by atoms with E-state index in [2.05, 4.69) is 24.1 Å². The molecule has 0 fully saturated rings. The van der Waals surface area contributed by atoms with Gasteiger partial charge in [-0.2, -0.15) is 0 Å². The van der Waals surface area contributed by atoms with Gasteiger partial charge in [-0.25, -0.2) is 12.8 Å². The second-order valence-corrected chi connectivity index (χ2v) is 7.92. The van der Waals surface area contributed by atoms with Gasteiger partial charge in [-0.3, -0.25) is 9.10 Å². The van der Waals surface area contributed by atoms with Crippen molar-refractivity contribution in [2.45, 2.75) is 13.8 Å².